The van der Waals surface area contributed by atoms with Gasteiger partial charge in [0.2, 0.25) is 0 Å². The zero-order chi connectivity index (χ0) is 21.3. The van der Waals surface area contributed by atoms with E-state index < -0.39 is 72.7 Å². The largest absolute Gasteiger partial charge is 2.00 e. The van der Waals surface area contributed by atoms with E-state index in [4.69, 9.17) is 10.2 Å². The summed E-state index contributed by atoms with van der Waals surface area (Å²) in [4.78, 5) is 60.0. The molecule has 0 amide bonds. The van der Waals surface area contributed by atoms with Crippen molar-refractivity contribution in [2.45, 2.75) is 36.9 Å². The minimum Gasteiger partial charge on any atom is -0.550 e. The molecule has 0 spiro atoms. The molecule has 15 nitrogen and oxygen atoms in total. The summed E-state index contributed by atoms with van der Waals surface area (Å²) in [7, 11) is 0. The van der Waals surface area contributed by atoms with Crippen molar-refractivity contribution in [3.8, 4) is 0 Å². The molecule has 0 rings (SSSR count). The molecular weight excluding hydrogens is 578 g/mol. The molecule has 0 atom stereocenters. The number of carbonyl (C=O) groups excluding carboxylic acids is 6. The molecule has 5 N–H and O–H groups in total. The molecule has 30 heavy (non-hydrogen) atoms. The quantitative estimate of drug-likeness (QED) is 0.199. The number of hydrogen-bond acceptors (Lipinski definition) is 15. The van der Waals surface area contributed by atoms with Crippen molar-refractivity contribution in [3.63, 3.8) is 0 Å². The summed E-state index contributed by atoms with van der Waals surface area (Å²) in [6, 6.07) is 0. The van der Waals surface area contributed by atoms with Crippen LogP contribution in [0.4, 0.5) is 0 Å². The Morgan fingerprint density at radius 2 is 0.633 bits per heavy atom. The standard InChI is InChI=1S/2C6H8O7.H3N.3Zn/c2*7-3(8)1-6(13,5(11)12)2-4(9)10;;;;/h2*13H,1-2H2,(H,7,8)(H,9,10)(H,11,12);1H3;;;/q;;;3*+2/p-6. The molecule has 0 aromatic carbocycles. The van der Waals surface area contributed by atoms with Gasteiger partial charge in [-0.2, -0.15) is 0 Å². The van der Waals surface area contributed by atoms with Gasteiger partial charge in [-0.25, -0.2) is 0 Å². The summed E-state index contributed by atoms with van der Waals surface area (Å²) < 4.78 is 0. The van der Waals surface area contributed by atoms with E-state index in [0.717, 1.165) is 0 Å². The Bertz CT molecular complexity index is 527. The van der Waals surface area contributed by atoms with Gasteiger partial charge in [0.05, 0.1) is 11.9 Å². The SMILES string of the molecule is N.O=C([O-])CC(O)(CC(=O)[O-])C(=O)[O-].O=C([O-])CC(O)(CC(=O)[O-])C(=O)[O-].[Zn+2].[Zn+2].[Zn+2]. The van der Waals surface area contributed by atoms with Crippen LogP contribution < -0.4 is 36.8 Å². The Hall–Kier alpha value is -1.43. The fourth-order valence-corrected chi connectivity index (χ4v) is 1.37. The molecule has 0 aliphatic carbocycles. The summed E-state index contributed by atoms with van der Waals surface area (Å²) in [5.41, 5.74) is -5.95. The van der Waals surface area contributed by atoms with E-state index in [-0.39, 0.29) is 64.6 Å². The second kappa shape index (κ2) is 18.3. The van der Waals surface area contributed by atoms with Crippen molar-refractivity contribution in [2.75, 3.05) is 0 Å². The van der Waals surface area contributed by atoms with Crippen molar-refractivity contribution in [2.24, 2.45) is 0 Å². The maximum Gasteiger partial charge on any atom is 2.00 e. The van der Waals surface area contributed by atoms with Crippen LogP contribution >= 0.6 is 0 Å². The van der Waals surface area contributed by atoms with Crippen LogP contribution in [0.15, 0.2) is 0 Å². The average molecular weight is 591 g/mol. The van der Waals surface area contributed by atoms with Gasteiger partial charge in [-0.05, 0) is 0 Å². The van der Waals surface area contributed by atoms with Gasteiger partial charge < -0.3 is 75.8 Å². The summed E-state index contributed by atoms with van der Waals surface area (Å²) in [5.74, 6) is -12.0. The molecule has 0 heterocycles. The molecule has 0 saturated heterocycles. The van der Waals surface area contributed by atoms with Gasteiger partial charge in [0.15, 0.2) is 0 Å². The first-order chi connectivity index (χ1) is 11.6. The predicted octanol–water partition coefficient (Wildman–Crippen LogP) is -10.4. The van der Waals surface area contributed by atoms with Crippen LogP contribution in [0, 0.1) is 0 Å². The van der Waals surface area contributed by atoms with Crippen LogP contribution in [0.25, 0.3) is 0 Å². The minimum absolute atomic E-state index is 0. The Morgan fingerprint density at radius 3 is 0.700 bits per heavy atom. The first kappa shape index (κ1) is 42.6. The summed E-state index contributed by atoms with van der Waals surface area (Å²) in [5, 5.41) is 77.9. The minimum atomic E-state index is -2.97. The van der Waals surface area contributed by atoms with Gasteiger partial charge >= 0.3 is 58.4 Å². The molecular formula is C12H13NO14Zn3. The fourth-order valence-electron chi connectivity index (χ4n) is 1.37. The summed E-state index contributed by atoms with van der Waals surface area (Å²) >= 11 is 0. The second-order valence-electron chi connectivity index (χ2n) is 4.83. The molecule has 156 valence electrons. The van der Waals surface area contributed by atoms with Crippen LogP contribution in [0.1, 0.15) is 25.7 Å². The first-order valence-electron chi connectivity index (χ1n) is 6.23. The molecule has 0 unspecified atom stereocenters. The van der Waals surface area contributed by atoms with Crippen molar-refractivity contribution in [1.29, 1.82) is 0 Å². The van der Waals surface area contributed by atoms with Crippen LogP contribution in [0.3, 0.4) is 0 Å². The third kappa shape index (κ3) is 18.6. The molecule has 0 aromatic rings. The van der Waals surface area contributed by atoms with Crippen molar-refractivity contribution < 1.29 is 128 Å². The normalized spacial score (nSPS) is 9.40. The molecule has 18 heteroatoms. The third-order valence-corrected chi connectivity index (χ3v) is 2.51. The second-order valence-corrected chi connectivity index (χ2v) is 4.83. The van der Waals surface area contributed by atoms with E-state index >= 15 is 0 Å². The Balaban J connectivity index is -0.0000000847. The summed E-state index contributed by atoms with van der Waals surface area (Å²) in [6.45, 7) is 0. The smallest absolute Gasteiger partial charge is 0.550 e. The Kier molecular flexibility index (Phi) is 26.1. The zero-order valence-electron chi connectivity index (χ0n) is 15.5. The Labute approximate surface area is 206 Å². The Morgan fingerprint density at radius 1 is 0.500 bits per heavy atom. The molecule has 0 aliphatic heterocycles. The number of rotatable bonds is 10. The predicted molar refractivity (Wildman–Crippen MR) is 63.4 cm³/mol. The summed E-state index contributed by atoms with van der Waals surface area (Å²) in [6.07, 6.45) is -5.43. The van der Waals surface area contributed by atoms with Crippen LogP contribution in [-0.2, 0) is 87.2 Å². The van der Waals surface area contributed by atoms with Gasteiger partial charge in [0.25, 0.3) is 0 Å². The number of carbonyl (C=O) groups is 6. The number of aliphatic hydroxyl groups is 2. The monoisotopic (exact) mass is 587 g/mol. The number of carboxylic acids is 6. The van der Waals surface area contributed by atoms with E-state index in [1.54, 1.807) is 0 Å². The van der Waals surface area contributed by atoms with E-state index in [2.05, 4.69) is 0 Å². The van der Waals surface area contributed by atoms with Gasteiger partial charge in [-0.3, -0.25) is 0 Å². The molecule has 0 fully saturated rings. The third-order valence-electron chi connectivity index (χ3n) is 2.51. The molecule has 0 aliphatic rings. The van der Waals surface area contributed by atoms with Crippen molar-refractivity contribution >= 4 is 35.8 Å². The first-order valence-corrected chi connectivity index (χ1v) is 6.23. The van der Waals surface area contributed by atoms with Crippen LogP contribution in [0.2, 0.25) is 0 Å². The van der Waals surface area contributed by atoms with E-state index in [9.17, 15) is 59.4 Å². The van der Waals surface area contributed by atoms with Crippen molar-refractivity contribution in [3.05, 3.63) is 0 Å². The molecule has 0 radical (unpaired) electrons. The van der Waals surface area contributed by atoms with Gasteiger partial charge in [-0.15, -0.1) is 0 Å². The maximum absolute atomic E-state index is 10.1. The molecule has 0 saturated carbocycles. The maximum atomic E-state index is 10.1. The van der Waals surface area contributed by atoms with Crippen LogP contribution in [-0.4, -0.2) is 57.2 Å². The van der Waals surface area contributed by atoms with Crippen LogP contribution in [0.5, 0.6) is 0 Å². The number of aliphatic carboxylic acids is 6. The fraction of sp³-hybridized carbons (Fsp3) is 0.500. The number of carboxylic acid groups (broad SMARTS) is 6. The van der Waals surface area contributed by atoms with E-state index in [1.807, 2.05) is 0 Å². The van der Waals surface area contributed by atoms with Gasteiger partial charge in [-0.1, -0.05) is 0 Å². The number of hydrogen-bond donors (Lipinski definition) is 3. The average Bonchev–Trinajstić information content (AvgIpc) is 2.34. The van der Waals surface area contributed by atoms with E-state index in [1.165, 1.54) is 0 Å². The molecule has 0 aromatic heterocycles. The topological polar surface area (TPSA) is 316 Å². The van der Waals surface area contributed by atoms with E-state index in [0.29, 0.717) is 0 Å². The van der Waals surface area contributed by atoms with Gasteiger partial charge in [0.1, 0.15) is 11.2 Å². The molecule has 0 bridgehead atoms. The van der Waals surface area contributed by atoms with Gasteiger partial charge in [0, 0.05) is 49.6 Å². The van der Waals surface area contributed by atoms with Crippen molar-refractivity contribution in [1.82, 2.24) is 6.15 Å². The zero-order valence-corrected chi connectivity index (χ0v) is 24.4.